The average Bonchev–Trinajstić information content (AvgIpc) is 2.35. The van der Waals surface area contributed by atoms with Crippen molar-refractivity contribution < 1.29 is 8.78 Å². The maximum absolute atomic E-state index is 13.3. The van der Waals surface area contributed by atoms with Crippen LogP contribution in [0.3, 0.4) is 0 Å². The number of hydrogen-bond donors (Lipinski definition) is 1. The molecule has 1 unspecified atom stereocenters. The predicted molar refractivity (Wildman–Crippen MR) is 85.4 cm³/mol. The monoisotopic (exact) mass is 353 g/mol. The van der Waals surface area contributed by atoms with E-state index in [2.05, 4.69) is 27.3 Å². The van der Waals surface area contributed by atoms with Crippen molar-refractivity contribution in [3.05, 3.63) is 69.2 Å². The second kappa shape index (κ2) is 7.14. The fourth-order valence-electron chi connectivity index (χ4n) is 2.48. The van der Waals surface area contributed by atoms with Crippen LogP contribution < -0.4 is 5.32 Å². The maximum Gasteiger partial charge on any atom is 0.126 e. The van der Waals surface area contributed by atoms with Gasteiger partial charge in [0.1, 0.15) is 11.6 Å². The summed E-state index contributed by atoms with van der Waals surface area (Å²) in [5.74, 6) is -1.07. The molecule has 4 heteroatoms. The van der Waals surface area contributed by atoms with E-state index >= 15 is 0 Å². The summed E-state index contributed by atoms with van der Waals surface area (Å²) < 4.78 is 27.7. The molecule has 0 spiro atoms. The van der Waals surface area contributed by atoms with E-state index in [0.29, 0.717) is 12.0 Å². The first-order valence-electron chi connectivity index (χ1n) is 6.93. The van der Waals surface area contributed by atoms with Crippen LogP contribution in [0.25, 0.3) is 0 Å². The Morgan fingerprint density at radius 1 is 1.05 bits per heavy atom. The van der Waals surface area contributed by atoms with Gasteiger partial charge in [-0.3, -0.25) is 0 Å². The number of hydrogen-bond acceptors (Lipinski definition) is 1. The highest BCUT2D eigenvalue weighted by Crippen LogP contribution is 2.24. The third-order valence-electron chi connectivity index (χ3n) is 3.28. The zero-order valence-corrected chi connectivity index (χ0v) is 13.7. The van der Waals surface area contributed by atoms with Crippen molar-refractivity contribution >= 4 is 15.9 Å². The van der Waals surface area contributed by atoms with Gasteiger partial charge in [0.15, 0.2) is 0 Å². The normalized spacial score (nSPS) is 12.4. The molecule has 0 radical (unpaired) electrons. The van der Waals surface area contributed by atoms with Gasteiger partial charge in [0.25, 0.3) is 0 Å². The number of halogens is 3. The zero-order valence-electron chi connectivity index (χ0n) is 12.1. The van der Waals surface area contributed by atoms with Crippen molar-refractivity contribution in [1.82, 2.24) is 5.32 Å². The largest absolute Gasteiger partial charge is 0.310 e. The van der Waals surface area contributed by atoms with E-state index in [9.17, 15) is 8.78 Å². The van der Waals surface area contributed by atoms with Crippen LogP contribution in [0.4, 0.5) is 8.78 Å². The molecular formula is C17H18BrF2N. The van der Waals surface area contributed by atoms with E-state index in [1.54, 1.807) is 0 Å². The van der Waals surface area contributed by atoms with E-state index < -0.39 is 11.6 Å². The molecule has 0 aromatic heterocycles. The molecule has 2 rings (SSSR count). The topological polar surface area (TPSA) is 12.0 Å². The molecule has 112 valence electrons. The molecule has 0 bridgehead atoms. The highest BCUT2D eigenvalue weighted by molar-refractivity contribution is 9.10. The summed E-state index contributed by atoms with van der Waals surface area (Å²) >= 11 is 3.49. The van der Waals surface area contributed by atoms with Gasteiger partial charge in [0.05, 0.1) is 0 Å². The third-order valence-corrected chi connectivity index (χ3v) is 3.74. The Bertz CT molecular complexity index is 588. The Labute approximate surface area is 132 Å². The van der Waals surface area contributed by atoms with Crippen LogP contribution in [0.15, 0.2) is 40.9 Å². The number of rotatable bonds is 5. The van der Waals surface area contributed by atoms with Crippen molar-refractivity contribution in [2.75, 3.05) is 6.54 Å². The van der Waals surface area contributed by atoms with Crippen molar-refractivity contribution in [3.8, 4) is 0 Å². The molecule has 0 aliphatic carbocycles. The highest BCUT2D eigenvalue weighted by Gasteiger charge is 2.13. The van der Waals surface area contributed by atoms with Crippen molar-refractivity contribution in [1.29, 1.82) is 0 Å². The summed E-state index contributed by atoms with van der Waals surface area (Å²) in [6.45, 7) is 4.83. The molecule has 0 heterocycles. The van der Waals surface area contributed by atoms with Gasteiger partial charge < -0.3 is 5.32 Å². The molecule has 2 aromatic rings. The van der Waals surface area contributed by atoms with Gasteiger partial charge in [-0.1, -0.05) is 28.9 Å². The smallest absolute Gasteiger partial charge is 0.126 e. The van der Waals surface area contributed by atoms with Crippen LogP contribution in [-0.4, -0.2) is 6.54 Å². The molecule has 2 aromatic carbocycles. The first-order chi connectivity index (χ1) is 9.97. The minimum Gasteiger partial charge on any atom is -0.310 e. The van der Waals surface area contributed by atoms with Crippen LogP contribution in [0, 0.1) is 18.6 Å². The predicted octanol–water partition coefficient (Wildman–Crippen LogP) is 4.93. The molecule has 1 nitrogen and oxygen atoms in total. The molecule has 0 fully saturated rings. The fraction of sp³-hybridized carbons (Fsp3) is 0.294. The average molecular weight is 354 g/mol. The van der Waals surface area contributed by atoms with Gasteiger partial charge in [-0.05, 0) is 60.8 Å². The van der Waals surface area contributed by atoms with Gasteiger partial charge in [0, 0.05) is 16.6 Å². The lowest BCUT2D eigenvalue weighted by molar-refractivity contribution is 0.538. The maximum atomic E-state index is 13.3. The molecule has 0 aliphatic rings. The van der Waals surface area contributed by atoms with Crippen molar-refractivity contribution in [3.63, 3.8) is 0 Å². The summed E-state index contributed by atoms with van der Waals surface area (Å²) in [5, 5.41) is 3.38. The van der Waals surface area contributed by atoms with Crippen LogP contribution in [0.1, 0.15) is 29.7 Å². The quantitative estimate of drug-likeness (QED) is 0.803. The summed E-state index contributed by atoms with van der Waals surface area (Å²) in [7, 11) is 0. The van der Waals surface area contributed by atoms with Gasteiger partial charge in [-0.15, -0.1) is 0 Å². The second-order valence-corrected chi connectivity index (χ2v) is 6.07. The number of likely N-dealkylation sites (N-methyl/N-ethyl adjacent to an activating group) is 1. The molecule has 0 amide bonds. The minimum absolute atomic E-state index is 0.0207. The standard InChI is InChI=1S/C17H18BrF2N/c1-3-21-17(13-4-11(2)5-14(18)9-13)8-12-6-15(19)10-16(20)7-12/h4-7,9-10,17,21H,3,8H2,1-2H3. The van der Waals surface area contributed by atoms with Crippen LogP contribution in [0.5, 0.6) is 0 Å². The Morgan fingerprint density at radius 3 is 2.29 bits per heavy atom. The molecule has 0 saturated heterocycles. The van der Waals surface area contributed by atoms with Gasteiger partial charge >= 0.3 is 0 Å². The van der Waals surface area contributed by atoms with Crippen LogP contribution in [-0.2, 0) is 6.42 Å². The lowest BCUT2D eigenvalue weighted by atomic mass is 9.97. The second-order valence-electron chi connectivity index (χ2n) is 5.15. The molecule has 1 N–H and O–H groups in total. The first kappa shape index (κ1) is 16.1. The Balaban J connectivity index is 2.30. The van der Waals surface area contributed by atoms with Gasteiger partial charge in [-0.2, -0.15) is 0 Å². The lowest BCUT2D eigenvalue weighted by Crippen LogP contribution is -2.23. The van der Waals surface area contributed by atoms with E-state index in [1.807, 2.05) is 26.0 Å². The van der Waals surface area contributed by atoms with Crippen molar-refractivity contribution in [2.24, 2.45) is 0 Å². The van der Waals surface area contributed by atoms with Gasteiger partial charge in [-0.25, -0.2) is 8.78 Å². The minimum atomic E-state index is -0.536. The third kappa shape index (κ3) is 4.61. The Morgan fingerprint density at radius 2 is 1.71 bits per heavy atom. The highest BCUT2D eigenvalue weighted by atomic mass is 79.9. The van der Waals surface area contributed by atoms with E-state index in [0.717, 1.165) is 28.2 Å². The van der Waals surface area contributed by atoms with Crippen molar-refractivity contribution in [2.45, 2.75) is 26.3 Å². The summed E-state index contributed by atoms with van der Waals surface area (Å²) in [6.07, 6.45) is 0.540. The van der Waals surface area contributed by atoms with E-state index in [1.165, 1.54) is 12.1 Å². The molecule has 0 saturated carbocycles. The molecule has 21 heavy (non-hydrogen) atoms. The number of aryl methyl sites for hydroxylation is 1. The zero-order chi connectivity index (χ0) is 15.4. The lowest BCUT2D eigenvalue weighted by Gasteiger charge is -2.19. The fourth-order valence-corrected chi connectivity index (χ4v) is 3.11. The molecule has 0 aliphatic heterocycles. The number of benzene rings is 2. The SMILES string of the molecule is CCNC(Cc1cc(F)cc(F)c1)c1cc(C)cc(Br)c1. The summed E-state index contributed by atoms with van der Waals surface area (Å²) in [5.41, 5.74) is 2.90. The number of nitrogens with one attached hydrogen (secondary N) is 1. The van der Waals surface area contributed by atoms with Crippen LogP contribution in [0.2, 0.25) is 0 Å². The Kier molecular flexibility index (Phi) is 5.48. The first-order valence-corrected chi connectivity index (χ1v) is 7.72. The Hall–Kier alpha value is -1.26. The molecular weight excluding hydrogens is 336 g/mol. The summed E-state index contributed by atoms with van der Waals surface area (Å²) in [4.78, 5) is 0. The van der Waals surface area contributed by atoms with E-state index in [4.69, 9.17) is 0 Å². The molecule has 1 atom stereocenters. The van der Waals surface area contributed by atoms with E-state index in [-0.39, 0.29) is 6.04 Å². The van der Waals surface area contributed by atoms with Gasteiger partial charge in [0.2, 0.25) is 0 Å². The van der Waals surface area contributed by atoms with Crippen LogP contribution >= 0.6 is 15.9 Å². The summed E-state index contributed by atoms with van der Waals surface area (Å²) in [6, 6.07) is 9.86.